The Labute approximate surface area is 96.5 Å². The first-order valence-corrected chi connectivity index (χ1v) is 8.67. The van der Waals surface area contributed by atoms with Crippen molar-refractivity contribution < 1.29 is 9.35 Å². The summed E-state index contributed by atoms with van der Waals surface area (Å²) in [4.78, 5) is 10.4. The molecule has 1 aromatic carbocycles. The number of para-hydroxylation sites is 1. The lowest BCUT2D eigenvalue weighted by Crippen LogP contribution is -2.26. The molecule has 0 atom stereocenters. The van der Waals surface area contributed by atoms with Crippen LogP contribution in [0.25, 0.3) is 0 Å². The molecule has 0 bridgehead atoms. The Balaban J connectivity index is 2.64. The van der Waals surface area contributed by atoms with Gasteiger partial charge in [0, 0.05) is 24.7 Å². The fraction of sp³-hybridized carbons (Fsp3) is 0.455. The van der Waals surface area contributed by atoms with Crippen molar-refractivity contribution in [3.05, 3.63) is 39.9 Å². The zero-order valence-electron chi connectivity index (χ0n) is 9.90. The molecule has 5 heteroatoms. The zero-order chi connectivity index (χ0) is 12.2. The van der Waals surface area contributed by atoms with E-state index in [0.717, 1.165) is 5.56 Å². The van der Waals surface area contributed by atoms with Crippen LogP contribution >= 0.6 is 0 Å². The highest BCUT2D eigenvalue weighted by Crippen LogP contribution is 2.18. The Kier molecular flexibility index (Phi) is 4.20. The molecule has 0 heterocycles. The molecule has 0 fully saturated rings. The highest BCUT2D eigenvalue weighted by Gasteiger charge is 2.16. The second kappa shape index (κ2) is 5.22. The van der Waals surface area contributed by atoms with Gasteiger partial charge in [-0.1, -0.05) is 18.2 Å². The maximum absolute atomic E-state index is 10.8. The first-order valence-electron chi connectivity index (χ1n) is 5.26. The lowest BCUT2D eigenvalue weighted by molar-refractivity contribution is -0.385. The van der Waals surface area contributed by atoms with E-state index in [1.54, 1.807) is 12.1 Å². The van der Waals surface area contributed by atoms with Crippen LogP contribution in [0.2, 0.25) is 19.6 Å². The smallest absolute Gasteiger partial charge is 0.272 e. The van der Waals surface area contributed by atoms with Gasteiger partial charge in [-0.15, -0.1) is 0 Å². The summed E-state index contributed by atoms with van der Waals surface area (Å²) in [5, 5.41) is 10.8. The maximum Gasteiger partial charge on any atom is 0.272 e. The van der Waals surface area contributed by atoms with Gasteiger partial charge in [0.05, 0.1) is 4.92 Å². The molecule has 0 aliphatic rings. The highest BCUT2D eigenvalue weighted by molar-refractivity contribution is 6.69. The number of hydrogen-bond acceptors (Lipinski definition) is 3. The summed E-state index contributed by atoms with van der Waals surface area (Å²) in [6, 6.07) is 6.81. The maximum atomic E-state index is 10.8. The average molecular weight is 239 g/mol. The molecule has 1 rings (SSSR count). The van der Waals surface area contributed by atoms with Gasteiger partial charge in [-0.3, -0.25) is 10.1 Å². The van der Waals surface area contributed by atoms with Crippen LogP contribution in [0.1, 0.15) is 5.56 Å². The van der Waals surface area contributed by atoms with Gasteiger partial charge in [-0.05, 0) is 19.6 Å². The van der Waals surface area contributed by atoms with Crippen molar-refractivity contribution in [2.24, 2.45) is 0 Å². The molecule has 0 aliphatic heterocycles. The molecule has 0 aliphatic carbocycles. The van der Waals surface area contributed by atoms with E-state index in [1.807, 2.05) is 6.07 Å². The van der Waals surface area contributed by atoms with Crippen molar-refractivity contribution in [2.45, 2.75) is 26.1 Å². The molecule has 0 unspecified atom stereocenters. The Bertz CT molecular complexity index is 374. The number of nitro benzene ring substituents is 1. The van der Waals surface area contributed by atoms with E-state index in [2.05, 4.69) is 19.6 Å². The van der Waals surface area contributed by atoms with E-state index in [1.165, 1.54) is 6.07 Å². The minimum absolute atomic E-state index is 0.182. The Morgan fingerprint density at radius 2 is 1.94 bits per heavy atom. The van der Waals surface area contributed by atoms with E-state index in [-0.39, 0.29) is 10.6 Å². The van der Waals surface area contributed by atoms with Crippen LogP contribution in [0, 0.1) is 10.1 Å². The van der Waals surface area contributed by atoms with Crippen molar-refractivity contribution in [1.82, 2.24) is 0 Å². The second-order valence-corrected chi connectivity index (χ2v) is 9.11. The van der Waals surface area contributed by atoms with Gasteiger partial charge in [-0.2, -0.15) is 0 Å². The topological polar surface area (TPSA) is 52.4 Å². The van der Waals surface area contributed by atoms with E-state index in [4.69, 9.17) is 4.43 Å². The third-order valence-electron chi connectivity index (χ3n) is 2.09. The Morgan fingerprint density at radius 1 is 1.31 bits per heavy atom. The number of nitrogens with zero attached hydrogens (tertiary/aromatic N) is 1. The van der Waals surface area contributed by atoms with Gasteiger partial charge in [0.25, 0.3) is 5.69 Å². The van der Waals surface area contributed by atoms with E-state index >= 15 is 0 Å². The summed E-state index contributed by atoms with van der Waals surface area (Å²) in [6.07, 6.45) is 0.599. The fourth-order valence-corrected chi connectivity index (χ4v) is 2.08. The van der Waals surface area contributed by atoms with Gasteiger partial charge < -0.3 is 4.43 Å². The van der Waals surface area contributed by atoms with Crippen LogP contribution in [0.4, 0.5) is 5.69 Å². The first-order chi connectivity index (χ1) is 7.40. The number of rotatable bonds is 5. The minimum Gasteiger partial charge on any atom is -0.417 e. The van der Waals surface area contributed by atoms with Crippen LogP contribution in [-0.2, 0) is 10.8 Å². The predicted molar refractivity (Wildman–Crippen MR) is 66.1 cm³/mol. The number of benzene rings is 1. The molecule has 0 N–H and O–H groups in total. The van der Waals surface area contributed by atoms with Crippen molar-refractivity contribution >= 4 is 14.0 Å². The third kappa shape index (κ3) is 4.12. The van der Waals surface area contributed by atoms with Gasteiger partial charge in [0.1, 0.15) is 0 Å². The standard InChI is InChI=1S/C11H17NO3Si/c1-16(2,3)15-9-8-10-6-4-5-7-11(10)12(13)14/h4-7H,8-9H2,1-3H3. The van der Waals surface area contributed by atoms with Crippen LogP contribution in [0.15, 0.2) is 24.3 Å². The molecule has 1 aromatic rings. The summed E-state index contributed by atoms with van der Waals surface area (Å²) in [5.41, 5.74) is 0.924. The monoisotopic (exact) mass is 239 g/mol. The molecule has 0 saturated heterocycles. The third-order valence-corrected chi connectivity index (χ3v) is 3.16. The molecule has 4 nitrogen and oxygen atoms in total. The Morgan fingerprint density at radius 3 is 2.50 bits per heavy atom. The first kappa shape index (κ1) is 12.9. The van der Waals surface area contributed by atoms with E-state index in [9.17, 15) is 10.1 Å². The lowest BCUT2D eigenvalue weighted by Gasteiger charge is -2.16. The van der Waals surface area contributed by atoms with Crippen LogP contribution in [0.3, 0.4) is 0 Å². The van der Waals surface area contributed by atoms with Crippen molar-refractivity contribution in [3.63, 3.8) is 0 Å². The summed E-state index contributed by atoms with van der Waals surface area (Å²) in [5.74, 6) is 0. The molecule has 0 aromatic heterocycles. The van der Waals surface area contributed by atoms with Gasteiger partial charge >= 0.3 is 0 Å². The summed E-state index contributed by atoms with van der Waals surface area (Å²) >= 11 is 0. The molecule has 16 heavy (non-hydrogen) atoms. The quantitative estimate of drug-likeness (QED) is 0.451. The molecule has 0 spiro atoms. The van der Waals surface area contributed by atoms with Crippen LogP contribution in [0.5, 0.6) is 0 Å². The van der Waals surface area contributed by atoms with Gasteiger partial charge in [0.15, 0.2) is 8.32 Å². The normalized spacial score (nSPS) is 11.4. The molecule has 0 radical (unpaired) electrons. The highest BCUT2D eigenvalue weighted by atomic mass is 28.4. The zero-order valence-corrected chi connectivity index (χ0v) is 10.9. The number of hydrogen-bond donors (Lipinski definition) is 0. The predicted octanol–water partition coefficient (Wildman–Crippen LogP) is 2.99. The second-order valence-electron chi connectivity index (χ2n) is 4.60. The molecular weight excluding hydrogens is 222 g/mol. The van der Waals surface area contributed by atoms with E-state index < -0.39 is 8.32 Å². The fourth-order valence-electron chi connectivity index (χ4n) is 1.37. The SMILES string of the molecule is C[Si](C)(C)OCCc1ccccc1[N+](=O)[O-]. The van der Waals surface area contributed by atoms with Crippen molar-refractivity contribution in [2.75, 3.05) is 6.61 Å². The minimum atomic E-state index is -1.53. The molecule has 88 valence electrons. The van der Waals surface area contributed by atoms with Crippen molar-refractivity contribution in [1.29, 1.82) is 0 Å². The Hall–Kier alpha value is -1.20. The molecular formula is C11H17NO3Si. The lowest BCUT2D eigenvalue weighted by atomic mass is 10.1. The summed E-state index contributed by atoms with van der Waals surface area (Å²) in [7, 11) is -1.53. The number of nitro groups is 1. The largest absolute Gasteiger partial charge is 0.417 e. The van der Waals surface area contributed by atoms with E-state index in [0.29, 0.717) is 13.0 Å². The van der Waals surface area contributed by atoms with Gasteiger partial charge in [-0.25, -0.2) is 0 Å². The van der Waals surface area contributed by atoms with Gasteiger partial charge in [0.2, 0.25) is 0 Å². The molecule has 0 saturated carbocycles. The average Bonchev–Trinajstić information content (AvgIpc) is 2.16. The van der Waals surface area contributed by atoms with Crippen LogP contribution in [-0.4, -0.2) is 19.8 Å². The van der Waals surface area contributed by atoms with Crippen molar-refractivity contribution in [3.8, 4) is 0 Å². The summed E-state index contributed by atoms with van der Waals surface area (Å²) in [6.45, 7) is 6.87. The van der Waals surface area contributed by atoms with Crippen LogP contribution < -0.4 is 0 Å². The molecule has 0 amide bonds. The summed E-state index contributed by atoms with van der Waals surface area (Å²) < 4.78 is 5.68.